The van der Waals surface area contributed by atoms with E-state index >= 15 is 0 Å². The highest BCUT2D eigenvalue weighted by Crippen LogP contribution is 2.36. The molecule has 0 fully saturated rings. The van der Waals surface area contributed by atoms with E-state index < -0.39 is 0 Å². The molecule has 0 unspecified atom stereocenters. The molecule has 4 aromatic carbocycles. The van der Waals surface area contributed by atoms with Crippen LogP contribution in [0.15, 0.2) is 91.0 Å². The molecule has 0 bridgehead atoms. The van der Waals surface area contributed by atoms with Crippen molar-refractivity contribution in [1.29, 1.82) is 0 Å². The average molecular weight is 428 g/mol. The van der Waals surface area contributed by atoms with Crippen LogP contribution in [0.4, 0.5) is 28.4 Å². The van der Waals surface area contributed by atoms with Crippen LogP contribution in [0, 0.1) is 0 Å². The summed E-state index contributed by atoms with van der Waals surface area (Å²) in [7, 11) is 0. The topological polar surface area (TPSA) is 67.2 Å². The number of nitrogens with one attached hydrogen (secondary N) is 2. The van der Waals surface area contributed by atoms with Crippen molar-refractivity contribution in [3.05, 3.63) is 102 Å². The summed E-state index contributed by atoms with van der Waals surface area (Å²) in [5.74, 6) is 0.0264. The molecule has 4 aromatic rings. The van der Waals surface area contributed by atoms with Gasteiger partial charge in [-0.1, -0.05) is 60.1 Å². The van der Waals surface area contributed by atoms with Crippen molar-refractivity contribution >= 4 is 45.8 Å². The molecule has 154 valence electrons. The van der Waals surface area contributed by atoms with Crippen LogP contribution >= 0.6 is 11.6 Å². The normalized spacial score (nSPS) is 10.5. The van der Waals surface area contributed by atoms with Crippen LogP contribution in [-0.2, 0) is 0 Å². The summed E-state index contributed by atoms with van der Waals surface area (Å²) in [4.78, 5) is 12.1. The number of anilines is 5. The number of Topliss-reactive ketones (excluding diaryl/α,β-unsaturated/α-hetero) is 1. The van der Waals surface area contributed by atoms with Crippen LogP contribution in [0.1, 0.15) is 17.3 Å². The van der Waals surface area contributed by atoms with Gasteiger partial charge in [-0.25, -0.2) is 0 Å². The third-order valence-corrected chi connectivity index (χ3v) is 5.21. The van der Waals surface area contributed by atoms with Crippen molar-refractivity contribution in [2.75, 3.05) is 16.4 Å². The number of carbonyl (C=O) groups is 1. The number of rotatable bonds is 6. The fourth-order valence-electron chi connectivity index (χ4n) is 3.44. The Morgan fingerprint density at radius 2 is 1.55 bits per heavy atom. The summed E-state index contributed by atoms with van der Waals surface area (Å²) in [6.07, 6.45) is 0. The van der Waals surface area contributed by atoms with Gasteiger partial charge in [0.2, 0.25) is 0 Å². The second kappa shape index (κ2) is 8.94. The predicted molar refractivity (Wildman–Crippen MR) is 131 cm³/mol. The Hall–Kier alpha value is -3.76. The van der Waals surface area contributed by atoms with Crippen LogP contribution in [0.5, 0.6) is 0 Å². The predicted octanol–water partition coefficient (Wildman–Crippen LogP) is 7.28. The van der Waals surface area contributed by atoms with E-state index in [1.54, 1.807) is 6.92 Å². The minimum absolute atomic E-state index is 0.0264. The lowest BCUT2D eigenvalue weighted by molar-refractivity contribution is 0.101. The van der Waals surface area contributed by atoms with Crippen LogP contribution in [-0.4, -0.2) is 5.78 Å². The summed E-state index contributed by atoms with van der Waals surface area (Å²) >= 11 is 6.15. The number of halogens is 1. The summed E-state index contributed by atoms with van der Waals surface area (Å²) in [5, 5.41) is 7.50. The Bertz CT molecular complexity index is 1250. The number of nitrogens with two attached hydrogens (primary N) is 1. The van der Waals surface area contributed by atoms with Gasteiger partial charge in [0.05, 0.1) is 22.7 Å². The van der Waals surface area contributed by atoms with Crippen molar-refractivity contribution in [2.45, 2.75) is 6.92 Å². The molecule has 0 amide bonds. The van der Waals surface area contributed by atoms with Crippen LogP contribution in [0.3, 0.4) is 0 Å². The molecular weight excluding hydrogens is 406 g/mol. The zero-order valence-corrected chi connectivity index (χ0v) is 17.8. The molecule has 31 heavy (non-hydrogen) atoms. The molecule has 4 N–H and O–H groups in total. The standard InChI is InChI=1S/C26H22ClN3O/c1-17(31)21-9-2-3-10-22(21)18-13-14-25(29-20-8-6-7-19(27)16-20)26(15-18)30-24-12-5-4-11-23(24)28/h2-16,29-30H,28H2,1H3. The van der Waals surface area contributed by atoms with E-state index in [-0.39, 0.29) is 5.78 Å². The molecule has 0 radical (unpaired) electrons. The highest BCUT2D eigenvalue weighted by atomic mass is 35.5. The third kappa shape index (κ3) is 4.71. The van der Waals surface area contributed by atoms with Gasteiger partial charge < -0.3 is 16.4 Å². The number of ketones is 1. The Morgan fingerprint density at radius 1 is 0.774 bits per heavy atom. The maximum absolute atomic E-state index is 12.1. The van der Waals surface area contributed by atoms with E-state index in [1.165, 1.54) is 0 Å². The van der Waals surface area contributed by atoms with Crippen molar-refractivity contribution in [3.8, 4) is 11.1 Å². The molecule has 4 nitrogen and oxygen atoms in total. The van der Waals surface area contributed by atoms with Gasteiger partial charge in [0.25, 0.3) is 0 Å². The van der Waals surface area contributed by atoms with E-state index in [1.807, 2.05) is 91.0 Å². The molecule has 4 rings (SSSR count). The van der Waals surface area contributed by atoms with Crippen LogP contribution in [0.2, 0.25) is 5.02 Å². The largest absolute Gasteiger partial charge is 0.397 e. The number of benzene rings is 4. The highest BCUT2D eigenvalue weighted by Gasteiger charge is 2.12. The smallest absolute Gasteiger partial charge is 0.160 e. The Kier molecular flexibility index (Phi) is 5.92. The maximum atomic E-state index is 12.1. The molecule has 0 saturated heterocycles. The summed E-state index contributed by atoms with van der Waals surface area (Å²) in [6.45, 7) is 1.58. The number of hydrogen-bond acceptors (Lipinski definition) is 4. The van der Waals surface area contributed by atoms with Gasteiger partial charge in [0.1, 0.15) is 0 Å². The molecule has 0 spiro atoms. The first-order valence-electron chi connectivity index (χ1n) is 9.90. The molecule has 0 saturated carbocycles. The van der Waals surface area contributed by atoms with Crippen molar-refractivity contribution in [2.24, 2.45) is 0 Å². The number of carbonyl (C=O) groups excluding carboxylic acids is 1. The van der Waals surface area contributed by atoms with Crippen LogP contribution < -0.4 is 16.4 Å². The molecule has 0 aliphatic rings. The van der Waals surface area contributed by atoms with E-state index in [0.717, 1.165) is 33.9 Å². The Balaban J connectivity index is 1.80. The summed E-state index contributed by atoms with van der Waals surface area (Å²) in [5.41, 5.74) is 12.7. The zero-order chi connectivity index (χ0) is 21.8. The first-order valence-corrected chi connectivity index (χ1v) is 10.3. The Labute approximate surface area is 186 Å². The van der Waals surface area contributed by atoms with Crippen molar-refractivity contribution in [1.82, 2.24) is 0 Å². The third-order valence-electron chi connectivity index (χ3n) is 4.97. The fraction of sp³-hybridized carbons (Fsp3) is 0.0385. The van der Waals surface area contributed by atoms with E-state index in [9.17, 15) is 4.79 Å². The Morgan fingerprint density at radius 3 is 2.32 bits per heavy atom. The quantitative estimate of drug-likeness (QED) is 0.223. The lowest BCUT2D eigenvalue weighted by Gasteiger charge is -2.18. The van der Waals surface area contributed by atoms with Crippen molar-refractivity contribution in [3.63, 3.8) is 0 Å². The van der Waals surface area contributed by atoms with Gasteiger partial charge in [0, 0.05) is 16.3 Å². The zero-order valence-electron chi connectivity index (χ0n) is 17.0. The first-order chi connectivity index (χ1) is 15.0. The van der Waals surface area contributed by atoms with Gasteiger partial charge >= 0.3 is 0 Å². The number of para-hydroxylation sites is 2. The number of hydrogen-bond donors (Lipinski definition) is 3. The SMILES string of the molecule is CC(=O)c1ccccc1-c1ccc(Nc2cccc(Cl)c2)c(Nc2ccccc2N)c1. The molecule has 0 atom stereocenters. The van der Waals surface area contributed by atoms with E-state index in [2.05, 4.69) is 10.6 Å². The van der Waals surface area contributed by atoms with E-state index in [0.29, 0.717) is 16.3 Å². The van der Waals surface area contributed by atoms with Gasteiger partial charge in [-0.3, -0.25) is 4.79 Å². The minimum Gasteiger partial charge on any atom is -0.397 e. The lowest BCUT2D eigenvalue weighted by atomic mass is 9.96. The second-order valence-electron chi connectivity index (χ2n) is 7.21. The van der Waals surface area contributed by atoms with Gasteiger partial charge in [0.15, 0.2) is 5.78 Å². The molecule has 0 aromatic heterocycles. The summed E-state index contributed by atoms with van der Waals surface area (Å²) < 4.78 is 0. The fourth-order valence-corrected chi connectivity index (χ4v) is 3.63. The molecule has 0 heterocycles. The van der Waals surface area contributed by atoms with Crippen LogP contribution in [0.25, 0.3) is 11.1 Å². The highest BCUT2D eigenvalue weighted by molar-refractivity contribution is 6.30. The first kappa shape index (κ1) is 20.5. The average Bonchev–Trinajstić information content (AvgIpc) is 2.76. The second-order valence-corrected chi connectivity index (χ2v) is 7.65. The molecule has 0 aliphatic heterocycles. The minimum atomic E-state index is 0.0264. The van der Waals surface area contributed by atoms with E-state index in [4.69, 9.17) is 17.3 Å². The monoisotopic (exact) mass is 427 g/mol. The molecule has 5 heteroatoms. The summed E-state index contributed by atoms with van der Waals surface area (Å²) in [6, 6.07) is 28.7. The molecule has 0 aliphatic carbocycles. The van der Waals surface area contributed by atoms with Crippen molar-refractivity contribution < 1.29 is 4.79 Å². The van der Waals surface area contributed by atoms with Gasteiger partial charge in [-0.15, -0.1) is 0 Å². The number of nitrogen functional groups attached to an aromatic ring is 1. The van der Waals surface area contributed by atoms with Gasteiger partial charge in [-0.05, 0) is 60.5 Å². The lowest BCUT2D eigenvalue weighted by Crippen LogP contribution is -2.01. The van der Waals surface area contributed by atoms with Gasteiger partial charge in [-0.2, -0.15) is 0 Å². The maximum Gasteiger partial charge on any atom is 0.160 e. The molecular formula is C26H22ClN3O.